The summed E-state index contributed by atoms with van der Waals surface area (Å²) < 4.78 is 11.8. The fourth-order valence-electron chi connectivity index (χ4n) is 3.12. The van der Waals surface area contributed by atoms with Crippen LogP contribution in [-0.4, -0.2) is 13.2 Å². The van der Waals surface area contributed by atoms with Gasteiger partial charge in [0.2, 0.25) is 0 Å². The molecule has 0 amide bonds. The molecule has 28 heavy (non-hydrogen) atoms. The molecule has 0 aliphatic heterocycles. The molecule has 3 aromatic carbocycles. The van der Waals surface area contributed by atoms with Crippen molar-refractivity contribution in [3.05, 3.63) is 83.4 Å². The Labute approximate surface area is 167 Å². The highest BCUT2D eigenvalue weighted by Gasteiger charge is 2.07. The van der Waals surface area contributed by atoms with Gasteiger partial charge in [-0.3, -0.25) is 0 Å². The Morgan fingerprint density at radius 1 is 0.857 bits per heavy atom. The first-order chi connectivity index (χ1) is 13.7. The molecule has 0 atom stereocenters. The number of nitriles is 1. The van der Waals surface area contributed by atoms with Gasteiger partial charge in [-0.25, -0.2) is 0 Å². The summed E-state index contributed by atoms with van der Waals surface area (Å²) >= 11 is 0. The molecule has 0 aliphatic carbocycles. The summed E-state index contributed by atoms with van der Waals surface area (Å²) in [5, 5.41) is 8.96. The first-order valence-electron chi connectivity index (χ1n) is 9.65. The van der Waals surface area contributed by atoms with E-state index in [1.807, 2.05) is 48.5 Å². The second-order valence-corrected chi connectivity index (χ2v) is 6.78. The average Bonchev–Trinajstić information content (AvgIpc) is 2.72. The number of rotatable bonds is 8. The minimum absolute atomic E-state index is 0.501. The number of hydrogen-bond acceptors (Lipinski definition) is 3. The highest BCUT2D eigenvalue weighted by Crippen LogP contribution is 2.28. The Morgan fingerprint density at radius 2 is 1.61 bits per heavy atom. The molecule has 0 unspecified atom stereocenters. The summed E-state index contributed by atoms with van der Waals surface area (Å²) in [4.78, 5) is 0. The lowest BCUT2D eigenvalue weighted by atomic mass is 9.99. The molecule has 0 saturated heterocycles. The van der Waals surface area contributed by atoms with Crippen molar-refractivity contribution in [2.75, 3.05) is 13.2 Å². The van der Waals surface area contributed by atoms with Crippen LogP contribution in [0.3, 0.4) is 0 Å². The third-order valence-corrected chi connectivity index (χ3v) is 4.53. The summed E-state index contributed by atoms with van der Waals surface area (Å²) in [6.07, 6.45) is 2.01. The number of ether oxygens (including phenoxy) is 2. The minimum atomic E-state index is 0.501. The van der Waals surface area contributed by atoms with Crippen molar-refractivity contribution in [2.45, 2.75) is 26.7 Å². The molecule has 0 aromatic heterocycles. The Balaban J connectivity index is 1.66. The van der Waals surface area contributed by atoms with E-state index in [9.17, 15) is 0 Å². The summed E-state index contributed by atoms with van der Waals surface area (Å²) in [6.45, 7) is 5.22. The van der Waals surface area contributed by atoms with Gasteiger partial charge in [-0.2, -0.15) is 5.26 Å². The van der Waals surface area contributed by atoms with Crippen LogP contribution in [0.4, 0.5) is 0 Å². The Morgan fingerprint density at radius 3 is 2.32 bits per heavy atom. The van der Waals surface area contributed by atoms with Gasteiger partial charge in [0.05, 0.1) is 11.6 Å². The van der Waals surface area contributed by atoms with Crippen molar-refractivity contribution in [1.29, 1.82) is 5.26 Å². The second-order valence-electron chi connectivity index (χ2n) is 6.78. The zero-order valence-electron chi connectivity index (χ0n) is 16.4. The van der Waals surface area contributed by atoms with E-state index in [1.54, 1.807) is 0 Å². The molecule has 0 heterocycles. The Kier molecular flexibility index (Phi) is 6.70. The van der Waals surface area contributed by atoms with Crippen molar-refractivity contribution in [3.8, 4) is 28.7 Å². The lowest BCUT2D eigenvalue weighted by Gasteiger charge is -2.14. The fourth-order valence-corrected chi connectivity index (χ4v) is 3.12. The predicted molar refractivity (Wildman–Crippen MR) is 113 cm³/mol. The van der Waals surface area contributed by atoms with E-state index in [0.29, 0.717) is 18.8 Å². The topological polar surface area (TPSA) is 42.2 Å². The van der Waals surface area contributed by atoms with Gasteiger partial charge >= 0.3 is 0 Å². The predicted octanol–water partition coefficient (Wildman–Crippen LogP) is 5.94. The van der Waals surface area contributed by atoms with Crippen molar-refractivity contribution in [2.24, 2.45) is 0 Å². The third kappa shape index (κ3) is 5.14. The van der Waals surface area contributed by atoms with Crippen molar-refractivity contribution >= 4 is 0 Å². The summed E-state index contributed by atoms with van der Waals surface area (Å²) in [6, 6.07) is 24.1. The molecular formula is C25H25NO2. The lowest BCUT2D eigenvalue weighted by Crippen LogP contribution is -2.10. The highest BCUT2D eigenvalue weighted by atomic mass is 16.5. The molecule has 0 aliphatic rings. The van der Waals surface area contributed by atoms with Crippen molar-refractivity contribution in [3.63, 3.8) is 0 Å². The van der Waals surface area contributed by atoms with E-state index < -0.39 is 0 Å². The van der Waals surface area contributed by atoms with E-state index in [4.69, 9.17) is 14.7 Å². The highest BCUT2D eigenvalue weighted by molar-refractivity contribution is 5.66. The van der Waals surface area contributed by atoms with Gasteiger partial charge in [0.15, 0.2) is 0 Å². The van der Waals surface area contributed by atoms with E-state index in [-0.39, 0.29) is 0 Å². The van der Waals surface area contributed by atoms with Crippen LogP contribution < -0.4 is 9.47 Å². The van der Waals surface area contributed by atoms with E-state index in [2.05, 4.69) is 38.1 Å². The fraction of sp³-hybridized carbons (Fsp3) is 0.240. The SMILES string of the molecule is CCCc1cc(-c2ccc(C#N)cc2)ccc1OCCOc1cccc(C)c1. The van der Waals surface area contributed by atoms with E-state index in [0.717, 1.165) is 35.5 Å². The van der Waals surface area contributed by atoms with Crippen LogP contribution in [0.2, 0.25) is 0 Å². The molecule has 0 radical (unpaired) electrons. The van der Waals surface area contributed by atoms with Gasteiger partial charge in [0.25, 0.3) is 0 Å². The summed E-state index contributed by atoms with van der Waals surface area (Å²) in [5.74, 6) is 1.78. The van der Waals surface area contributed by atoms with Crippen molar-refractivity contribution in [1.82, 2.24) is 0 Å². The quantitative estimate of drug-likeness (QED) is 0.460. The van der Waals surface area contributed by atoms with E-state index in [1.165, 1.54) is 11.1 Å². The zero-order chi connectivity index (χ0) is 19.8. The number of benzene rings is 3. The number of aryl methyl sites for hydroxylation is 2. The third-order valence-electron chi connectivity index (χ3n) is 4.53. The lowest BCUT2D eigenvalue weighted by molar-refractivity contribution is 0.216. The molecule has 3 heteroatoms. The van der Waals surface area contributed by atoms with Gasteiger partial charge in [-0.15, -0.1) is 0 Å². The van der Waals surface area contributed by atoms with Gasteiger partial charge in [0, 0.05) is 0 Å². The van der Waals surface area contributed by atoms with Crippen LogP contribution in [0.15, 0.2) is 66.7 Å². The van der Waals surface area contributed by atoms with Crippen LogP contribution in [0.1, 0.15) is 30.0 Å². The zero-order valence-corrected chi connectivity index (χ0v) is 16.4. The smallest absolute Gasteiger partial charge is 0.122 e. The maximum absolute atomic E-state index is 8.96. The molecule has 142 valence electrons. The first kappa shape index (κ1) is 19.5. The largest absolute Gasteiger partial charge is 0.490 e. The number of nitrogens with zero attached hydrogens (tertiary/aromatic N) is 1. The van der Waals surface area contributed by atoms with Crippen LogP contribution in [-0.2, 0) is 6.42 Å². The minimum Gasteiger partial charge on any atom is -0.490 e. The molecule has 0 fully saturated rings. The maximum Gasteiger partial charge on any atom is 0.122 e. The Bertz CT molecular complexity index is 955. The van der Waals surface area contributed by atoms with Crippen molar-refractivity contribution < 1.29 is 9.47 Å². The van der Waals surface area contributed by atoms with Crippen LogP contribution in [0, 0.1) is 18.3 Å². The van der Waals surface area contributed by atoms with Crippen LogP contribution in [0.25, 0.3) is 11.1 Å². The van der Waals surface area contributed by atoms with Gasteiger partial charge in [0.1, 0.15) is 24.7 Å². The molecular weight excluding hydrogens is 346 g/mol. The van der Waals surface area contributed by atoms with Crippen LogP contribution >= 0.6 is 0 Å². The maximum atomic E-state index is 8.96. The van der Waals surface area contributed by atoms with Gasteiger partial charge < -0.3 is 9.47 Å². The monoisotopic (exact) mass is 371 g/mol. The van der Waals surface area contributed by atoms with Gasteiger partial charge in [-0.05, 0) is 72.0 Å². The first-order valence-corrected chi connectivity index (χ1v) is 9.65. The van der Waals surface area contributed by atoms with Gasteiger partial charge in [-0.1, -0.05) is 43.7 Å². The Hall–Kier alpha value is -3.25. The number of hydrogen-bond donors (Lipinski definition) is 0. The molecule has 3 rings (SSSR count). The van der Waals surface area contributed by atoms with E-state index >= 15 is 0 Å². The molecule has 0 spiro atoms. The normalized spacial score (nSPS) is 10.3. The second kappa shape index (κ2) is 9.62. The average molecular weight is 371 g/mol. The molecule has 0 bridgehead atoms. The van der Waals surface area contributed by atoms with Crippen LogP contribution in [0.5, 0.6) is 11.5 Å². The molecule has 3 aromatic rings. The standard InChI is InChI=1S/C25H25NO2/c1-3-5-23-17-22(21-10-8-20(18-26)9-11-21)12-13-25(23)28-15-14-27-24-7-4-6-19(2)16-24/h4,6-13,16-17H,3,5,14-15H2,1-2H3. The summed E-state index contributed by atoms with van der Waals surface area (Å²) in [5.41, 5.74) is 5.29. The molecule has 0 saturated carbocycles. The molecule has 3 nitrogen and oxygen atoms in total. The molecule has 0 N–H and O–H groups in total. The summed E-state index contributed by atoms with van der Waals surface area (Å²) in [7, 11) is 0.